The quantitative estimate of drug-likeness (QED) is 0.813. The summed E-state index contributed by atoms with van der Waals surface area (Å²) >= 11 is 0. The first-order valence-corrected chi connectivity index (χ1v) is 7.58. The molecule has 112 valence electrons. The zero-order valence-electron chi connectivity index (χ0n) is 13.5. The Kier molecular flexibility index (Phi) is 5.34. The van der Waals surface area contributed by atoms with Crippen molar-refractivity contribution in [2.45, 2.75) is 33.7 Å². The van der Waals surface area contributed by atoms with Crippen LogP contribution in [0.2, 0.25) is 0 Å². The largest absolute Gasteiger partial charge is 0.344 e. The Labute approximate surface area is 128 Å². The maximum atomic E-state index is 4.45. The maximum absolute atomic E-state index is 4.45. The van der Waals surface area contributed by atoms with Crippen LogP contribution in [-0.4, -0.2) is 18.6 Å². The van der Waals surface area contributed by atoms with Crippen molar-refractivity contribution in [1.29, 1.82) is 0 Å². The van der Waals surface area contributed by atoms with Gasteiger partial charge in [0.15, 0.2) is 0 Å². The second-order valence-corrected chi connectivity index (χ2v) is 5.53. The van der Waals surface area contributed by atoms with E-state index in [1.54, 1.807) is 0 Å². The van der Waals surface area contributed by atoms with Crippen molar-refractivity contribution in [1.82, 2.24) is 10.3 Å². The minimum Gasteiger partial charge on any atom is -0.344 e. The van der Waals surface area contributed by atoms with E-state index in [4.69, 9.17) is 0 Å². The number of hydrogen-bond donors (Lipinski definition) is 1. The monoisotopic (exact) mass is 283 g/mol. The Hall–Kier alpha value is -1.87. The molecule has 0 amide bonds. The van der Waals surface area contributed by atoms with Crippen molar-refractivity contribution < 1.29 is 0 Å². The van der Waals surface area contributed by atoms with Crippen molar-refractivity contribution in [2.24, 2.45) is 0 Å². The molecule has 2 rings (SSSR count). The lowest BCUT2D eigenvalue weighted by Gasteiger charge is -2.23. The van der Waals surface area contributed by atoms with Gasteiger partial charge in [-0.05, 0) is 50.6 Å². The topological polar surface area (TPSA) is 28.2 Å². The van der Waals surface area contributed by atoms with Crippen LogP contribution >= 0.6 is 0 Å². The molecule has 21 heavy (non-hydrogen) atoms. The van der Waals surface area contributed by atoms with Gasteiger partial charge in [0.1, 0.15) is 0 Å². The van der Waals surface area contributed by atoms with Crippen molar-refractivity contribution in [2.75, 3.05) is 18.5 Å². The summed E-state index contributed by atoms with van der Waals surface area (Å²) in [6.07, 6.45) is 3.13. The molecule has 0 atom stereocenters. The predicted octanol–water partition coefficient (Wildman–Crippen LogP) is 3.97. The van der Waals surface area contributed by atoms with Crippen molar-refractivity contribution in [3.8, 4) is 0 Å². The number of benzene rings is 1. The Morgan fingerprint density at radius 3 is 2.71 bits per heavy atom. The van der Waals surface area contributed by atoms with Crippen molar-refractivity contribution in [3.63, 3.8) is 0 Å². The van der Waals surface area contributed by atoms with Crippen molar-refractivity contribution >= 4 is 11.4 Å². The highest BCUT2D eigenvalue weighted by Crippen LogP contribution is 2.27. The molecule has 0 aliphatic heterocycles. The van der Waals surface area contributed by atoms with Gasteiger partial charge in [0.2, 0.25) is 0 Å². The van der Waals surface area contributed by atoms with Crippen LogP contribution in [0.5, 0.6) is 0 Å². The van der Waals surface area contributed by atoms with Crippen LogP contribution in [0, 0.1) is 13.8 Å². The van der Waals surface area contributed by atoms with Gasteiger partial charge in [-0.3, -0.25) is 4.98 Å². The van der Waals surface area contributed by atoms with Gasteiger partial charge < -0.3 is 10.2 Å². The minimum atomic E-state index is 0.854. The Morgan fingerprint density at radius 2 is 2.00 bits per heavy atom. The average Bonchev–Trinajstić information content (AvgIpc) is 2.48. The number of nitrogens with one attached hydrogen (secondary N) is 1. The third-order valence-electron chi connectivity index (χ3n) is 3.59. The van der Waals surface area contributed by atoms with Crippen LogP contribution in [0.4, 0.5) is 11.4 Å². The van der Waals surface area contributed by atoms with E-state index in [2.05, 4.69) is 66.4 Å². The first-order valence-electron chi connectivity index (χ1n) is 7.58. The summed E-state index contributed by atoms with van der Waals surface area (Å²) in [7, 11) is 2.12. The molecule has 1 N–H and O–H groups in total. The van der Waals surface area contributed by atoms with Crippen LogP contribution in [-0.2, 0) is 6.54 Å². The fraction of sp³-hybridized carbons (Fsp3) is 0.389. The lowest BCUT2D eigenvalue weighted by Crippen LogP contribution is -2.18. The molecule has 0 saturated carbocycles. The van der Waals surface area contributed by atoms with E-state index >= 15 is 0 Å². The summed E-state index contributed by atoms with van der Waals surface area (Å²) in [6, 6.07) is 10.7. The fourth-order valence-corrected chi connectivity index (χ4v) is 2.40. The lowest BCUT2D eigenvalue weighted by molar-refractivity contribution is 0.673. The molecule has 1 aromatic heterocycles. The molecule has 0 spiro atoms. The SMILES string of the molecule is CCCNCc1cnc(C)cc1N(C)c1cccc(C)c1. The Bertz CT molecular complexity index is 593. The van der Waals surface area contributed by atoms with Gasteiger partial charge in [-0.25, -0.2) is 0 Å². The third-order valence-corrected chi connectivity index (χ3v) is 3.59. The van der Waals surface area contributed by atoms with Gasteiger partial charge in [0, 0.05) is 42.4 Å². The summed E-state index contributed by atoms with van der Waals surface area (Å²) in [6.45, 7) is 8.23. The van der Waals surface area contributed by atoms with E-state index in [0.717, 1.165) is 25.2 Å². The molecule has 1 aromatic carbocycles. The number of rotatable bonds is 6. The second-order valence-electron chi connectivity index (χ2n) is 5.53. The molecule has 0 fully saturated rings. The zero-order chi connectivity index (χ0) is 15.2. The molecular weight excluding hydrogens is 258 g/mol. The molecule has 0 bridgehead atoms. The fourth-order valence-electron chi connectivity index (χ4n) is 2.40. The van der Waals surface area contributed by atoms with Crippen LogP contribution in [0.3, 0.4) is 0 Å². The third kappa shape index (κ3) is 4.05. The summed E-state index contributed by atoms with van der Waals surface area (Å²) in [5, 5.41) is 3.46. The number of anilines is 2. The van der Waals surface area contributed by atoms with Crippen molar-refractivity contribution in [3.05, 3.63) is 53.3 Å². The summed E-state index contributed by atoms with van der Waals surface area (Å²) in [4.78, 5) is 6.69. The first kappa shape index (κ1) is 15.5. The van der Waals surface area contributed by atoms with Crippen LogP contribution < -0.4 is 10.2 Å². The van der Waals surface area contributed by atoms with Gasteiger partial charge in [-0.15, -0.1) is 0 Å². The highest BCUT2D eigenvalue weighted by molar-refractivity contribution is 5.66. The normalized spacial score (nSPS) is 10.7. The number of nitrogens with zero attached hydrogens (tertiary/aromatic N) is 2. The molecule has 0 aliphatic carbocycles. The van der Waals surface area contributed by atoms with Crippen LogP contribution in [0.15, 0.2) is 36.5 Å². The van der Waals surface area contributed by atoms with Crippen LogP contribution in [0.1, 0.15) is 30.2 Å². The molecule has 3 nitrogen and oxygen atoms in total. The Morgan fingerprint density at radius 1 is 1.19 bits per heavy atom. The molecule has 2 aromatic rings. The predicted molar refractivity (Wildman–Crippen MR) is 90.2 cm³/mol. The van der Waals surface area contributed by atoms with E-state index in [9.17, 15) is 0 Å². The molecule has 1 heterocycles. The van der Waals surface area contributed by atoms with E-state index in [0.29, 0.717) is 0 Å². The average molecular weight is 283 g/mol. The molecule has 0 aliphatic rings. The highest BCUT2D eigenvalue weighted by atomic mass is 15.1. The number of hydrogen-bond acceptors (Lipinski definition) is 3. The van der Waals surface area contributed by atoms with Gasteiger partial charge in [-0.2, -0.15) is 0 Å². The van der Waals surface area contributed by atoms with E-state index < -0.39 is 0 Å². The summed E-state index contributed by atoms with van der Waals surface area (Å²) in [5.74, 6) is 0. The first-order chi connectivity index (χ1) is 10.1. The van der Waals surface area contributed by atoms with Gasteiger partial charge in [0.25, 0.3) is 0 Å². The molecule has 0 saturated heterocycles. The van der Waals surface area contributed by atoms with Crippen LogP contribution in [0.25, 0.3) is 0 Å². The molecule has 3 heteroatoms. The standard InChI is InChI=1S/C18H25N3/c1-5-9-19-12-16-13-20-15(3)11-18(16)21(4)17-8-6-7-14(2)10-17/h6-8,10-11,13,19H,5,9,12H2,1-4H3. The number of aryl methyl sites for hydroxylation is 2. The highest BCUT2D eigenvalue weighted by Gasteiger charge is 2.10. The van der Waals surface area contributed by atoms with Gasteiger partial charge in [-0.1, -0.05) is 19.1 Å². The molecule has 0 radical (unpaired) electrons. The summed E-state index contributed by atoms with van der Waals surface area (Å²) < 4.78 is 0. The van der Waals surface area contributed by atoms with Gasteiger partial charge >= 0.3 is 0 Å². The summed E-state index contributed by atoms with van der Waals surface area (Å²) in [5.41, 5.74) is 5.98. The zero-order valence-corrected chi connectivity index (χ0v) is 13.5. The van der Waals surface area contributed by atoms with E-state index in [1.165, 1.54) is 22.5 Å². The lowest BCUT2D eigenvalue weighted by atomic mass is 10.1. The van der Waals surface area contributed by atoms with E-state index in [1.807, 2.05) is 13.1 Å². The second kappa shape index (κ2) is 7.23. The smallest absolute Gasteiger partial charge is 0.0487 e. The Balaban J connectivity index is 2.30. The molecule has 0 unspecified atom stereocenters. The number of pyridine rings is 1. The maximum Gasteiger partial charge on any atom is 0.0487 e. The number of aromatic nitrogens is 1. The van der Waals surface area contributed by atoms with E-state index in [-0.39, 0.29) is 0 Å². The minimum absolute atomic E-state index is 0.854. The molecular formula is C18H25N3. The van der Waals surface area contributed by atoms with Gasteiger partial charge in [0.05, 0.1) is 0 Å².